The van der Waals surface area contributed by atoms with Gasteiger partial charge in [0, 0.05) is 25.2 Å². The number of nitrogens with two attached hydrogens (primary N) is 1. The molecule has 0 saturated heterocycles. The van der Waals surface area contributed by atoms with Gasteiger partial charge in [0.05, 0.1) is 0 Å². The van der Waals surface area contributed by atoms with Crippen molar-refractivity contribution >= 4 is 11.6 Å². The molecule has 4 nitrogen and oxygen atoms in total. The van der Waals surface area contributed by atoms with E-state index in [9.17, 15) is 4.79 Å². The van der Waals surface area contributed by atoms with E-state index in [0.29, 0.717) is 19.5 Å². The number of amides is 1. The lowest BCUT2D eigenvalue weighted by Crippen LogP contribution is -2.38. The zero-order valence-electron chi connectivity index (χ0n) is 11.6. The summed E-state index contributed by atoms with van der Waals surface area (Å²) in [6.07, 6.45) is 0.262. The fourth-order valence-electron chi connectivity index (χ4n) is 3.09. The molecule has 2 aliphatic rings. The Labute approximate surface area is 123 Å². The Morgan fingerprint density at radius 2 is 1.90 bits per heavy atom. The van der Waals surface area contributed by atoms with Gasteiger partial charge in [-0.3, -0.25) is 4.79 Å². The summed E-state index contributed by atoms with van der Waals surface area (Å²) in [5.74, 6) is 0.887. The molecule has 1 atom stereocenters. The van der Waals surface area contributed by atoms with Crippen molar-refractivity contribution in [2.75, 3.05) is 5.73 Å². The maximum absolute atomic E-state index is 12.6. The summed E-state index contributed by atoms with van der Waals surface area (Å²) in [7, 11) is 0. The summed E-state index contributed by atoms with van der Waals surface area (Å²) in [6.45, 7) is 1.26. The fraction of sp³-hybridized carbons (Fsp3) is 0.235. The van der Waals surface area contributed by atoms with Crippen molar-refractivity contribution in [3.8, 4) is 5.75 Å². The van der Waals surface area contributed by atoms with E-state index >= 15 is 0 Å². The number of nitrogens with zero attached hydrogens (tertiary/aromatic N) is 1. The zero-order chi connectivity index (χ0) is 14.4. The molecule has 0 aromatic heterocycles. The lowest BCUT2D eigenvalue weighted by molar-refractivity contribution is -0.138. The third kappa shape index (κ3) is 2.03. The van der Waals surface area contributed by atoms with Crippen LogP contribution in [0.1, 0.15) is 16.7 Å². The number of para-hydroxylation sites is 1. The summed E-state index contributed by atoms with van der Waals surface area (Å²) in [6, 6.07) is 13.7. The number of ether oxygens (including phenoxy) is 1. The van der Waals surface area contributed by atoms with Crippen molar-refractivity contribution in [3.63, 3.8) is 0 Å². The van der Waals surface area contributed by atoms with Gasteiger partial charge in [-0.05, 0) is 34.9 Å². The molecule has 2 aliphatic heterocycles. The largest absolute Gasteiger partial charge is 0.480 e. The van der Waals surface area contributed by atoms with Crippen LogP contribution in [-0.4, -0.2) is 16.9 Å². The van der Waals surface area contributed by atoms with Crippen molar-refractivity contribution in [1.82, 2.24) is 4.90 Å². The number of carbonyl (C=O) groups is 1. The van der Waals surface area contributed by atoms with Crippen LogP contribution in [0.25, 0.3) is 0 Å². The Kier molecular flexibility index (Phi) is 2.64. The van der Waals surface area contributed by atoms with Crippen LogP contribution in [0.15, 0.2) is 42.5 Å². The van der Waals surface area contributed by atoms with Crippen LogP contribution in [-0.2, 0) is 24.3 Å². The van der Waals surface area contributed by atoms with Gasteiger partial charge in [0.25, 0.3) is 5.91 Å². The lowest BCUT2D eigenvalue weighted by Gasteiger charge is -2.19. The van der Waals surface area contributed by atoms with Crippen LogP contribution >= 0.6 is 0 Å². The molecule has 0 aliphatic carbocycles. The van der Waals surface area contributed by atoms with E-state index < -0.39 is 6.10 Å². The first-order chi connectivity index (χ1) is 10.2. The van der Waals surface area contributed by atoms with Crippen LogP contribution in [0.3, 0.4) is 0 Å². The van der Waals surface area contributed by atoms with Crippen molar-refractivity contribution in [2.45, 2.75) is 25.6 Å². The Bertz CT molecular complexity index is 701. The van der Waals surface area contributed by atoms with E-state index in [4.69, 9.17) is 10.5 Å². The fourth-order valence-corrected chi connectivity index (χ4v) is 3.09. The van der Waals surface area contributed by atoms with Gasteiger partial charge >= 0.3 is 0 Å². The molecule has 0 spiro atoms. The van der Waals surface area contributed by atoms with Crippen LogP contribution in [0.4, 0.5) is 5.69 Å². The van der Waals surface area contributed by atoms with Gasteiger partial charge in [0.15, 0.2) is 6.10 Å². The number of hydrogen-bond acceptors (Lipinski definition) is 3. The zero-order valence-corrected chi connectivity index (χ0v) is 11.6. The number of benzene rings is 2. The SMILES string of the molecule is Nc1ccc2c(c1)CN(C(=O)C1Cc3ccccc3O1)C2. The first-order valence-electron chi connectivity index (χ1n) is 7.11. The summed E-state index contributed by atoms with van der Waals surface area (Å²) in [4.78, 5) is 14.5. The molecule has 4 rings (SSSR count). The Morgan fingerprint density at radius 1 is 1.10 bits per heavy atom. The number of nitrogen functional groups attached to an aromatic ring is 1. The normalized spacial score (nSPS) is 19.0. The summed E-state index contributed by atoms with van der Waals surface area (Å²) < 4.78 is 5.79. The van der Waals surface area contributed by atoms with Gasteiger partial charge in [0.2, 0.25) is 0 Å². The molecular formula is C17H16N2O2. The van der Waals surface area contributed by atoms with Crippen LogP contribution in [0.5, 0.6) is 5.75 Å². The predicted octanol–water partition coefficient (Wildman–Crippen LogP) is 2.11. The summed E-state index contributed by atoms with van der Waals surface area (Å²) in [5.41, 5.74) is 9.97. The van der Waals surface area contributed by atoms with E-state index in [0.717, 1.165) is 22.6 Å². The molecule has 0 radical (unpaired) electrons. The van der Waals surface area contributed by atoms with E-state index in [2.05, 4.69) is 0 Å². The van der Waals surface area contributed by atoms with Crippen molar-refractivity contribution < 1.29 is 9.53 Å². The monoisotopic (exact) mass is 280 g/mol. The molecular weight excluding hydrogens is 264 g/mol. The molecule has 0 fully saturated rings. The van der Waals surface area contributed by atoms with Crippen molar-refractivity contribution in [1.29, 1.82) is 0 Å². The molecule has 21 heavy (non-hydrogen) atoms. The molecule has 2 aromatic carbocycles. The molecule has 4 heteroatoms. The van der Waals surface area contributed by atoms with Gasteiger partial charge < -0.3 is 15.4 Å². The van der Waals surface area contributed by atoms with E-state index in [-0.39, 0.29) is 5.91 Å². The standard InChI is InChI=1S/C17H16N2O2/c18-14-6-5-12-9-19(10-13(12)7-14)17(20)16-8-11-3-1-2-4-15(11)21-16/h1-7,16H,8-10,18H2. The number of rotatable bonds is 1. The van der Waals surface area contributed by atoms with E-state index in [1.807, 2.05) is 47.4 Å². The second-order valence-electron chi connectivity index (χ2n) is 5.64. The van der Waals surface area contributed by atoms with Crippen LogP contribution in [0, 0.1) is 0 Å². The third-order valence-electron chi connectivity index (χ3n) is 4.19. The highest BCUT2D eigenvalue weighted by Crippen LogP contribution is 2.31. The Balaban J connectivity index is 1.51. The van der Waals surface area contributed by atoms with E-state index in [1.165, 1.54) is 5.56 Å². The average molecular weight is 280 g/mol. The van der Waals surface area contributed by atoms with E-state index in [1.54, 1.807) is 0 Å². The molecule has 1 unspecified atom stereocenters. The first kappa shape index (κ1) is 12.3. The van der Waals surface area contributed by atoms with Gasteiger partial charge in [0.1, 0.15) is 5.75 Å². The highest BCUT2D eigenvalue weighted by atomic mass is 16.5. The average Bonchev–Trinajstić information content (AvgIpc) is 3.09. The molecule has 106 valence electrons. The second-order valence-corrected chi connectivity index (χ2v) is 5.64. The minimum absolute atomic E-state index is 0.0565. The minimum Gasteiger partial charge on any atom is -0.480 e. The molecule has 2 N–H and O–H groups in total. The maximum Gasteiger partial charge on any atom is 0.264 e. The molecule has 0 saturated carbocycles. The van der Waals surface area contributed by atoms with Gasteiger partial charge in [-0.1, -0.05) is 24.3 Å². The Hall–Kier alpha value is -2.49. The third-order valence-corrected chi connectivity index (χ3v) is 4.19. The predicted molar refractivity (Wildman–Crippen MR) is 79.7 cm³/mol. The maximum atomic E-state index is 12.6. The number of anilines is 1. The lowest BCUT2D eigenvalue weighted by atomic mass is 10.1. The second kappa shape index (κ2) is 4.52. The van der Waals surface area contributed by atoms with Gasteiger partial charge in [-0.15, -0.1) is 0 Å². The highest BCUT2D eigenvalue weighted by molar-refractivity contribution is 5.83. The van der Waals surface area contributed by atoms with Crippen LogP contribution in [0.2, 0.25) is 0 Å². The number of hydrogen-bond donors (Lipinski definition) is 1. The number of fused-ring (bicyclic) bond motifs is 2. The minimum atomic E-state index is -0.394. The summed E-state index contributed by atoms with van der Waals surface area (Å²) >= 11 is 0. The quantitative estimate of drug-likeness (QED) is 0.814. The topological polar surface area (TPSA) is 55.6 Å². The van der Waals surface area contributed by atoms with Gasteiger partial charge in [-0.2, -0.15) is 0 Å². The number of carbonyl (C=O) groups excluding carboxylic acids is 1. The highest BCUT2D eigenvalue weighted by Gasteiger charge is 2.34. The Morgan fingerprint density at radius 3 is 2.76 bits per heavy atom. The molecule has 1 amide bonds. The molecule has 2 aromatic rings. The van der Waals surface area contributed by atoms with Crippen molar-refractivity contribution in [2.24, 2.45) is 0 Å². The smallest absolute Gasteiger partial charge is 0.264 e. The first-order valence-corrected chi connectivity index (χ1v) is 7.11. The van der Waals surface area contributed by atoms with Crippen LogP contribution < -0.4 is 10.5 Å². The molecule has 0 bridgehead atoms. The summed E-state index contributed by atoms with van der Waals surface area (Å²) in [5, 5.41) is 0. The van der Waals surface area contributed by atoms with Crippen molar-refractivity contribution in [3.05, 3.63) is 59.2 Å². The van der Waals surface area contributed by atoms with Gasteiger partial charge in [-0.25, -0.2) is 0 Å². The molecule has 2 heterocycles.